The van der Waals surface area contributed by atoms with Crippen molar-refractivity contribution in [3.8, 4) is 0 Å². The second kappa shape index (κ2) is 6.04. The van der Waals surface area contributed by atoms with Gasteiger partial charge in [-0.15, -0.1) is 0 Å². The summed E-state index contributed by atoms with van der Waals surface area (Å²) in [5.74, 6) is -3.56. The number of carbonyl (C=O) groups is 2. The highest BCUT2D eigenvalue weighted by molar-refractivity contribution is 6.08. The number of carboxylic acid groups (broad SMARTS) is 1. The summed E-state index contributed by atoms with van der Waals surface area (Å²) in [6.45, 7) is 0. The normalized spacial score (nSPS) is 11.4. The number of aliphatic hydroxyl groups excluding tert-OH is 1. The molecular weight excluding hydrogens is 277 g/mol. The molecule has 0 saturated carbocycles. The smallest absolute Gasteiger partial charge is 0.371 e. The number of aromatic nitrogens is 1. The maximum atomic E-state index is 12.8. The minimum Gasteiger partial charge on any atom is -0.502 e. The van der Waals surface area contributed by atoms with Crippen LogP contribution < -0.4 is 0 Å². The molecule has 0 aliphatic rings. The van der Waals surface area contributed by atoms with Gasteiger partial charge in [0.2, 0.25) is 5.76 Å². The number of rotatable bonds is 5. The Kier molecular flexibility index (Phi) is 4.18. The zero-order chi connectivity index (χ0) is 15.4. The molecule has 108 valence electrons. The van der Waals surface area contributed by atoms with Gasteiger partial charge in [-0.05, 0) is 23.8 Å². The van der Waals surface area contributed by atoms with Crippen molar-refractivity contribution in [2.45, 2.75) is 6.42 Å². The van der Waals surface area contributed by atoms with Crippen LogP contribution in [0.2, 0.25) is 0 Å². The number of halogens is 1. The molecule has 0 aliphatic heterocycles. The average molecular weight is 289 g/mol. The Bertz CT molecular complexity index is 701. The van der Waals surface area contributed by atoms with Gasteiger partial charge in [0, 0.05) is 30.0 Å². The van der Waals surface area contributed by atoms with Gasteiger partial charge in [-0.25, -0.2) is 9.18 Å². The fourth-order valence-corrected chi connectivity index (χ4v) is 1.85. The Morgan fingerprint density at radius 3 is 2.43 bits per heavy atom. The second-order valence-corrected chi connectivity index (χ2v) is 4.37. The highest BCUT2D eigenvalue weighted by Gasteiger charge is 2.14. The Morgan fingerprint density at radius 1 is 1.14 bits per heavy atom. The number of hydrogen-bond acceptors (Lipinski definition) is 3. The minimum atomic E-state index is -1.57. The van der Waals surface area contributed by atoms with Crippen LogP contribution in [0.25, 0.3) is 0 Å². The van der Waals surface area contributed by atoms with Gasteiger partial charge in [0.1, 0.15) is 5.82 Å². The summed E-state index contributed by atoms with van der Waals surface area (Å²) in [6, 6.07) is 7.31. The molecule has 0 radical (unpaired) electrons. The van der Waals surface area contributed by atoms with Crippen LogP contribution in [0.4, 0.5) is 4.39 Å². The highest BCUT2D eigenvalue weighted by Crippen LogP contribution is 2.15. The molecule has 0 spiro atoms. The van der Waals surface area contributed by atoms with Gasteiger partial charge in [0.15, 0.2) is 5.78 Å². The van der Waals surface area contributed by atoms with Crippen LogP contribution in [0, 0.1) is 5.82 Å². The van der Waals surface area contributed by atoms with Crippen molar-refractivity contribution in [3.63, 3.8) is 0 Å². The van der Waals surface area contributed by atoms with Crippen molar-refractivity contribution in [2.24, 2.45) is 0 Å². The van der Waals surface area contributed by atoms with Crippen molar-refractivity contribution in [3.05, 3.63) is 71.0 Å². The maximum Gasteiger partial charge on any atom is 0.371 e. The Hall–Kier alpha value is -2.89. The summed E-state index contributed by atoms with van der Waals surface area (Å²) in [5, 5.41) is 17.6. The monoisotopic (exact) mass is 289 g/mol. The molecule has 0 atom stereocenters. The van der Waals surface area contributed by atoms with Crippen LogP contribution in [-0.2, 0) is 11.2 Å². The van der Waals surface area contributed by atoms with E-state index in [1.165, 1.54) is 24.4 Å². The zero-order valence-electron chi connectivity index (χ0n) is 10.8. The van der Waals surface area contributed by atoms with E-state index >= 15 is 0 Å². The second-order valence-electron chi connectivity index (χ2n) is 4.37. The van der Waals surface area contributed by atoms with E-state index < -0.39 is 17.5 Å². The van der Waals surface area contributed by atoms with Gasteiger partial charge in [-0.2, -0.15) is 0 Å². The van der Waals surface area contributed by atoms with Gasteiger partial charge in [0.25, 0.3) is 0 Å². The molecule has 1 aromatic carbocycles. The first-order valence-corrected chi connectivity index (χ1v) is 6.06. The van der Waals surface area contributed by atoms with E-state index in [4.69, 9.17) is 10.2 Å². The number of carbonyl (C=O) groups excluding carboxylic acids is 1. The van der Waals surface area contributed by atoms with E-state index in [2.05, 4.69) is 4.98 Å². The van der Waals surface area contributed by atoms with E-state index in [1.807, 2.05) is 0 Å². The molecule has 0 amide bonds. The molecule has 0 saturated heterocycles. The zero-order valence-corrected chi connectivity index (χ0v) is 10.8. The SMILES string of the molecule is O=C(O)C(O)=CC(=O)c1cc[nH]c1Cc1ccc(F)cc1. The summed E-state index contributed by atoms with van der Waals surface area (Å²) >= 11 is 0. The number of aliphatic carboxylic acids is 1. The highest BCUT2D eigenvalue weighted by atomic mass is 19.1. The molecule has 2 rings (SSSR count). The third-order valence-corrected chi connectivity index (χ3v) is 2.88. The number of aromatic amines is 1. The van der Waals surface area contributed by atoms with Crippen molar-refractivity contribution < 1.29 is 24.2 Å². The fraction of sp³-hybridized carbons (Fsp3) is 0.0667. The lowest BCUT2D eigenvalue weighted by atomic mass is 10.0. The molecule has 3 N–H and O–H groups in total. The van der Waals surface area contributed by atoms with Gasteiger partial charge in [0.05, 0.1) is 0 Å². The molecular formula is C15H12FNO4. The molecule has 1 heterocycles. The van der Waals surface area contributed by atoms with Crippen molar-refractivity contribution in [1.29, 1.82) is 0 Å². The average Bonchev–Trinajstić information content (AvgIpc) is 2.89. The van der Waals surface area contributed by atoms with Crippen LogP contribution in [0.15, 0.2) is 48.4 Å². The Balaban J connectivity index is 2.22. The standard InChI is InChI=1S/C15H12FNO4/c16-10-3-1-9(2-4-10)7-12-11(5-6-17-12)13(18)8-14(19)15(20)21/h1-6,8,17,19H,7H2,(H,20,21). The third-order valence-electron chi connectivity index (χ3n) is 2.88. The Morgan fingerprint density at radius 2 is 1.81 bits per heavy atom. The third kappa shape index (κ3) is 3.56. The number of ketones is 1. The molecule has 0 bridgehead atoms. The lowest BCUT2D eigenvalue weighted by Crippen LogP contribution is -2.05. The molecule has 0 unspecified atom stereocenters. The first-order chi connectivity index (χ1) is 9.97. The van der Waals surface area contributed by atoms with Crippen LogP contribution >= 0.6 is 0 Å². The minimum absolute atomic E-state index is 0.257. The van der Waals surface area contributed by atoms with Crippen LogP contribution in [0.5, 0.6) is 0 Å². The molecule has 5 nitrogen and oxygen atoms in total. The molecule has 0 fully saturated rings. The Labute approximate surface area is 119 Å². The molecule has 6 heteroatoms. The van der Waals surface area contributed by atoms with Crippen LogP contribution in [-0.4, -0.2) is 26.9 Å². The largest absolute Gasteiger partial charge is 0.502 e. The summed E-state index contributed by atoms with van der Waals surface area (Å²) < 4.78 is 12.8. The number of H-pyrrole nitrogens is 1. The molecule has 0 aliphatic carbocycles. The number of allylic oxidation sites excluding steroid dienone is 1. The van der Waals surface area contributed by atoms with Gasteiger partial charge < -0.3 is 15.2 Å². The number of hydrogen-bond donors (Lipinski definition) is 3. The predicted molar refractivity (Wildman–Crippen MR) is 72.7 cm³/mol. The maximum absolute atomic E-state index is 12.8. The summed E-state index contributed by atoms with van der Waals surface area (Å²) in [5.41, 5.74) is 1.60. The van der Waals surface area contributed by atoms with E-state index in [1.54, 1.807) is 12.1 Å². The van der Waals surface area contributed by atoms with Gasteiger partial charge >= 0.3 is 5.97 Å². The first-order valence-electron chi connectivity index (χ1n) is 6.06. The molecule has 2 aromatic rings. The van der Waals surface area contributed by atoms with E-state index in [0.29, 0.717) is 18.2 Å². The van der Waals surface area contributed by atoms with Crippen molar-refractivity contribution >= 4 is 11.8 Å². The van der Waals surface area contributed by atoms with E-state index in [0.717, 1.165) is 5.56 Å². The lowest BCUT2D eigenvalue weighted by Gasteiger charge is -2.02. The molecule has 1 aromatic heterocycles. The van der Waals surface area contributed by atoms with E-state index in [-0.39, 0.29) is 11.4 Å². The van der Waals surface area contributed by atoms with Gasteiger partial charge in [-0.1, -0.05) is 12.1 Å². The summed E-state index contributed by atoms with van der Waals surface area (Å²) in [6.07, 6.45) is 2.55. The number of aliphatic hydroxyl groups is 1. The number of benzene rings is 1. The summed E-state index contributed by atoms with van der Waals surface area (Å²) in [4.78, 5) is 25.3. The first kappa shape index (κ1) is 14.5. The van der Waals surface area contributed by atoms with Crippen molar-refractivity contribution in [2.75, 3.05) is 0 Å². The topological polar surface area (TPSA) is 90.4 Å². The number of nitrogens with one attached hydrogen (secondary N) is 1. The number of carboxylic acids is 1. The van der Waals surface area contributed by atoms with Gasteiger partial charge in [-0.3, -0.25) is 4.79 Å². The van der Waals surface area contributed by atoms with Crippen LogP contribution in [0.1, 0.15) is 21.6 Å². The van der Waals surface area contributed by atoms with E-state index in [9.17, 15) is 14.0 Å². The molecule has 21 heavy (non-hydrogen) atoms. The van der Waals surface area contributed by atoms with Crippen molar-refractivity contribution in [1.82, 2.24) is 4.98 Å². The lowest BCUT2D eigenvalue weighted by molar-refractivity contribution is -0.135. The fourth-order valence-electron chi connectivity index (χ4n) is 1.85. The predicted octanol–water partition coefficient (Wildman–Crippen LogP) is 2.45. The summed E-state index contributed by atoms with van der Waals surface area (Å²) in [7, 11) is 0. The van der Waals surface area contributed by atoms with Crippen LogP contribution in [0.3, 0.4) is 0 Å². The quantitative estimate of drug-likeness (QED) is 0.448.